The molecule has 0 bridgehead atoms. The lowest BCUT2D eigenvalue weighted by Gasteiger charge is -2.26. The van der Waals surface area contributed by atoms with E-state index in [1.165, 1.54) is 22.5 Å². The van der Waals surface area contributed by atoms with Crippen LogP contribution in [0.2, 0.25) is 5.02 Å². The largest absolute Gasteiger partial charge is 0.379 e. The third-order valence-electron chi connectivity index (χ3n) is 3.43. The van der Waals surface area contributed by atoms with Gasteiger partial charge < -0.3 is 10.1 Å². The summed E-state index contributed by atoms with van der Waals surface area (Å²) in [6, 6.07) is 4.32. The van der Waals surface area contributed by atoms with E-state index < -0.39 is 10.0 Å². The number of hydrogen-bond donors (Lipinski definition) is 3. The molecule has 0 aromatic heterocycles. The Kier molecular flexibility index (Phi) is 6.96. The molecule has 0 aliphatic carbocycles. The van der Waals surface area contributed by atoms with Crippen molar-refractivity contribution in [2.24, 2.45) is 0 Å². The van der Waals surface area contributed by atoms with Gasteiger partial charge in [0.1, 0.15) is 0 Å². The van der Waals surface area contributed by atoms with Crippen molar-refractivity contribution in [1.29, 1.82) is 0 Å². The number of carbonyl (C=O) groups is 1. The highest BCUT2D eigenvalue weighted by Gasteiger charge is 2.26. The van der Waals surface area contributed by atoms with Crippen LogP contribution in [-0.4, -0.2) is 50.0 Å². The number of hydrazine groups is 1. The van der Waals surface area contributed by atoms with Crippen molar-refractivity contribution in [2.45, 2.75) is 18.2 Å². The van der Waals surface area contributed by atoms with Crippen LogP contribution in [0.25, 0.3) is 0 Å². The Hall–Kier alpha value is -1.46. The smallest absolute Gasteiger partial charge is 0.243 e. The third-order valence-corrected chi connectivity index (χ3v) is 5.86. The van der Waals surface area contributed by atoms with Gasteiger partial charge in [0.05, 0.1) is 28.8 Å². The predicted octanol–water partition coefficient (Wildman–Crippen LogP) is 1.09. The number of anilines is 1. The average Bonchev–Trinajstić information content (AvgIpc) is 2.62. The molecule has 1 fully saturated rings. The minimum absolute atomic E-state index is 0.0876. The maximum atomic E-state index is 12.7. The van der Waals surface area contributed by atoms with E-state index in [4.69, 9.17) is 28.6 Å². The standard InChI is InChI=1S/C14H19ClN4O4S2/c1-2-13(20)17-18-14(24)16-12-9-10(3-4-11(12)15)25(21,22)19-5-7-23-8-6-19/h3-4,9H,2,5-8H2,1H3,(H,17,20)(H2,16,18,24). The number of carbonyl (C=O) groups excluding carboxylic acids is 1. The molecule has 0 radical (unpaired) electrons. The van der Waals surface area contributed by atoms with Crippen molar-refractivity contribution < 1.29 is 17.9 Å². The van der Waals surface area contributed by atoms with Gasteiger partial charge in [-0.3, -0.25) is 15.6 Å². The summed E-state index contributed by atoms with van der Waals surface area (Å²) in [5, 5.41) is 3.16. The second kappa shape index (κ2) is 8.77. The van der Waals surface area contributed by atoms with Gasteiger partial charge in [-0.1, -0.05) is 18.5 Å². The first-order valence-electron chi connectivity index (χ1n) is 7.58. The molecule has 1 heterocycles. The molecule has 0 spiro atoms. The average molecular weight is 407 g/mol. The van der Waals surface area contributed by atoms with Crippen LogP contribution in [0.5, 0.6) is 0 Å². The quantitative estimate of drug-likeness (QED) is 0.508. The van der Waals surface area contributed by atoms with E-state index in [1.54, 1.807) is 6.92 Å². The number of benzene rings is 1. The molecule has 0 unspecified atom stereocenters. The number of hydrogen-bond acceptors (Lipinski definition) is 5. The molecule has 1 amide bonds. The maximum absolute atomic E-state index is 12.7. The normalized spacial score (nSPS) is 15.4. The fourth-order valence-electron chi connectivity index (χ4n) is 2.07. The zero-order valence-corrected chi connectivity index (χ0v) is 15.9. The highest BCUT2D eigenvalue weighted by molar-refractivity contribution is 7.89. The lowest BCUT2D eigenvalue weighted by Crippen LogP contribution is -2.43. The maximum Gasteiger partial charge on any atom is 0.243 e. The summed E-state index contributed by atoms with van der Waals surface area (Å²) in [6.07, 6.45) is 0.295. The molecule has 2 rings (SSSR count). The van der Waals surface area contributed by atoms with Crippen molar-refractivity contribution >= 4 is 50.5 Å². The van der Waals surface area contributed by atoms with Crippen LogP contribution in [-0.2, 0) is 19.6 Å². The molecular formula is C14H19ClN4O4S2. The Morgan fingerprint density at radius 2 is 2.00 bits per heavy atom. The fourth-order valence-corrected chi connectivity index (χ4v) is 3.83. The number of nitrogens with one attached hydrogen (secondary N) is 3. The summed E-state index contributed by atoms with van der Waals surface area (Å²) in [7, 11) is -3.65. The molecule has 8 nitrogen and oxygen atoms in total. The van der Waals surface area contributed by atoms with Crippen LogP contribution in [0, 0.1) is 0 Å². The van der Waals surface area contributed by atoms with Gasteiger partial charge in [-0.15, -0.1) is 0 Å². The van der Waals surface area contributed by atoms with Gasteiger partial charge in [0.25, 0.3) is 0 Å². The molecule has 138 valence electrons. The molecule has 1 aromatic carbocycles. The van der Waals surface area contributed by atoms with Gasteiger partial charge in [0.15, 0.2) is 5.11 Å². The summed E-state index contributed by atoms with van der Waals surface area (Å²) < 4.78 is 31.9. The zero-order chi connectivity index (χ0) is 18.4. The number of thiocarbonyl (C=S) groups is 1. The summed E-state index contributed by atoms with van der Waals surface area (Å²) in [5.74, 6) is -0.237. The Balaban J connectivity index is 2.14. The van der Waals surface area contributed by atoms with E-state index >= 15 is 0 Å². The molecule has 1 aromatic rings. The number of sulfonamides is 1. The second-order valence-corrected chi connectivity index (χ2v) is 7.89. The molecule has 0 saturated carbocycles. The van der Waals surface area contributed by atoms with Crippen molar-refractivity contribution in [3.05, 3.63) is 23.2 Å². The van der Waals surface area contributed by atoms with Gasteiger partial charge in [-0.25, -0.2) is 8.42 Å². The molecule has 11 heteroatoms. The molecule has 1 saturated heterocycles. The van der Waals surface area contributed by atoms with E-state index in [0.29, 0.717) is 43.4 Å². The van der Waals surface area contributed by atoms with E-state index in [0.717, 1.165) is 0 Å². The molecule has 25 heavy (non-hydrogen) atoms. The first-order valence-corrected chi connectivity index (χ1v) is 9.80. The Labute approximate surface area is 156 Å². The number of ether oxygens (including phenoxy) is 1. The topological polar surface area (TPSA) is 99.8 Å². The minimum Gasteiger partial charge on any atom is -0.379 e. The fraction of sp³-hybridized carbons (Fsp3) is 0.429. The van der Waals surface area contributed by atoms with Gasteiger partial charge in [-0.2, -0.15) is 4.31 Å². The minimum atomic E-state index is -3.65. The summed E-state index contributed by atoms with van der Waals surface area (Å²) >= 11 is 11.2. The molecule has 1 aliphatic heterocycles. The lowest BCUT2D eigenvalue weighted by atomic mass is 10.3. The van der Waals surface area contributed by atoms with Crippen LogP contribution < -0.4 is 16.2 Å². The Morgan fingerprint density at radius 1 is 1.32 bits per heavy atom. The van der Waals surface area contributed by atoms with E-state index in [1.807, 2.05) is 0 Å². The number of halogens is 1. The van der Waals surface area contributed by atoms with E-state index in [-0.39, 0.29) is 15.9 Å². The summed E-state index contributed by atoms with van der Waals surface area (Å²) in [5.41, 5.74) is 5.23. The van der Waals surface area contributed by atoms with E-state index in [9.17, 15) is 13.2 Å². The molecular weight excluding hydrogens is 388 g/mol. The first-order chi connectivity index (χ1) is 11.8. The number of morpholine rings is 1. The molecule has 0 atom stereocenters. The Morgan fingerprint density at radius 3 is 2.64 bits per heavy atom. The van der Waals surface area contributed by atoms with Crippen LogP contribution in [0.3, 0.4) is 0 Å². The monoisotopic (exact) mass is 406 g/mol. The van der Waals surface area contributed by atoms with Crippen LogP contribution in [0.15, 0.2) is 23.1 Å². The van der Waals surface area contributed by atoms with Crippen molar-refractivity contribution in [1.82, 2.24) is 15.2 Å². The third kappa shape index (κ3) is 5.25. The van der Waals surface area contributed by atoms with Gasteiger partial charge in [-0.05, 0) is 30.4 Å². The highest BCUT2D eigenvalue weighted by atomic mass is 35.5. The van der Waals surface area contributed by atoms with Gasteiger partial charge >= 0.3 is 0 Å². The highest BCUT2D eigenvalue weighted by Crippen LogP contribution is 2.27. The zero-order valence-electron chi connectivity index (χ0n) is 13.5. The molecule has 1 aliphatic rings. The lowest BCUT2D eigenvalue weighted by molar-refractivity contribution is -0.121. The van der Waals surface area contributed by atoms with Crippen molar-refractivity contribution in [3.63, 3.8) is 0 Å². The molecule has 3 N–H and O–H groups in total. The first kappa shape index (κ1) is 19.9. The number of amides is 1. The van der Waals surface area contributed by atoms with Crippen molar-refractivity contribution in [2.75, 3.05) is 31.6 Å². The van der Waals surface area contributed by atoms with Crippen LogP contribution in [0.1, 0.15) is 13.3 Å². The van der Waals surface area contributed by atoms with Crippen LogP contribution >= 0.6 is 23.8 Å². The number of nitrogens with zero attached hydrogens (tertiary/aromatic N) is 1. The summed E-state index contributed by atoms with van der Waals surface area (Å²) in [4.78, 5) is 11.3. The summed E-state index contributed by atoms with van der Waals surface area (Å²) in [6.45, 7) is 3.03. The van der Waals surface area contributed by atoms with Gasteiger partial charge in [0, 0.05) is 19.5 Å². The SMILES string of the molecule is CCC(=O)NNC(=S)Nc1cc(S(=O)(=O)N2CCOCC2)ccc1Cl. The van der Waals surface area contributed by atoms with Gasteiger partial charge in [0.2, 0.25) is 15.9 Å². The predicted molar refractivity (Wildman–Crippen MR) is 98.8 cm³/mol. The number of rotatable bonds is 4. The van der Waals surface area contributed by atoms with Crippen molar-refractivity contribution in [3.8, 4) is 0 Å². The Bertz CT molecular complexity index is 751. The van der Waals surface area contributed by atoms with E-state index in [2.05, 4.69) is 16.2 Å². The van der Waals surface area contributed by atoms with Crippen LogP contribution in [0.4, 0.5) is 5.69 Å². The second-order valence-electron chi connectivity index (χ2n) is 5.14.